The van der Waals surface area contributed by atoms with E-state index >= 15 is 0 Å². The van der Waals surface area contributed by atoms with Gasteiger partial charge in [-0.25, -0.2) is 0 Å². The van der Waals surface area contributed by atoms with Crippen molar-refractivity contribution in [1.29, 1.82) is 0 Å². The number of rotatable bonds is 8. The summed E-state index contributed by atoms with van der Waals surface area (Å²) in [7, 11) is 0. The standard InChI is InChI=1S/C17H26F3N/c1-4-7-10-13(5-2)16(21-6-3)14-11-8-9-12-15(14)17(18,19)20/h8-9,11-13,16,21H,4-7,10H2,1-3H3. The predicted octanol–water partition coefficient (Wildman–Crippen LogP) is 5.57. The Hall–Kier alpha value is -1.03. The Kier molecular flexibility index (Phi) is 7.23. The van der Waals surface area contributed by atoms with Crippen LogP contribution in [0.5, 0.6) is 0 Å². The van der Waals surface area contributed by atoms with Crippen LogP contribution in [0.15, 0.2) is 24.3 Å². The van der Waals surface area contributed by atoms with Gasteiger partial charge in [0.15, 0.2) is 0 Å². The van der Waals surface area contributed by atoms with Crippen LogP contribution in [0.1, 0.15) is 63.6 Å². The summed E-state index contributed by atoms with van der Waals surface area (Å²) in [6, 6.07) is 5.73. The van der Waals surface area contributed by atoms with Crippen LogP contribution in [0.3, 0.4) is 0 Å². The molecule has 0 heterocycles. The Morgan fingerprint density at radius 3 is 2.29 bits per heavy atom. The molecule has 4 heteroatoms. The van der Waals surface area contributed by atoms with E-state index in [-0.39, 0.29) is 12.0 Å². The highest BCUT2D eigenvalue weighted by molar-refractivity contribution is 5.33. The second-order valence-electron chi connectivity index (χ2n) is 5.43. The van der Waals surface area contributed by atoms with Crippen molar-refractivity contribution in [1.82, 2.24) is 5.32 Å². The second kappa shape index (κ2) is 8.42. The maximum Gasteiger partial charge on any atom is 0.416 e. The van der Waals surface area contributed by atoms with Crippen molar-refractivity contribution in [3.05, 3.63) is 35.4 Å². The van der Waals surface area contributed by atoms with E-state index in [0.29, 0.717) is 12.1 Å². The molecular weight excluding hydrogens is 275 g/mol. The third kappa shape index (κ3) is 5.03. The first-order valence-corrected chi connectivity index (χ1v) is 7.85. The van der Waals surface area contributed by atoms with E-state index in [1.165, 1.54) is 12.1 Å². The van der Waals surface area contributed by atoms with Gasteiger partial charge in [0.2, 0.25) is 0 Å². The minimum absolute atomic E-state index is 0.230. The Bertz CT molecular complexity index is 415. The van der Waals surface area contributed by atoms with Gasteiger partial charge in [-0.2, -0.15) is 13.2 Å². The van der Waals surface area contributed by atoms with Gasteiger partial charge in [-0.15, -0.1) is 0 Å². The normalized spacial score (nSPS) is 15.0. The van der Waals surface area contributed by atoms with E-state index in [1.807, 2.05) is 6.92 Å². The lowest BCUT2D eigenvalue weighted by atomic mass is 9.84. The number of hydrogen-bond donors (Lipinski definition) is 1. The average molecular weight is 301 g/mol. The highest BCUT2D eigenvalue weighted by atomic mass is 19.4. The SMILES string of the molecule is CCCCC(CC)C(NCC)c1ccccc1C(F)(F)F. The lowest BCUT2D eigenvalue weighted by molar-refractivity contribution is -0.138. The molecule has 1 aromatic rings. The van der Waals surface area contributed by atoms with E-state index in [2.05, 4.69) is 19.2 Å². The van der Waals surface area contributed by atoms with Gasteiger partial charge in [0.1, 0.15) is 0 Å². The molecule has 120 valence electrons. The molecule has 1 N–H and O–H groups in total. The van der Waals surface area contributed by atoms with Gasteiger partial charge in [0.25, 0.3) is 0 Å². The molecule has 0 aliphatic carbocycles. The summed E-state index contributed by atoms with van der Waals surface area (Å²) in [5.74, 6) is 0.230. The summed E-state index contributed by atoms with van der Waals surface area (Å²) in [6.07, 6.45) is -0.348. The van der Waals surface area contributed by atoms with Crippen molar-refractivity contribution in [2.75, 3.05) is 6.54 Å². The molecule has 0 bridgehead atoms. The number of halogens is 3. The quantitative estimate of drug-likeness (QED) is 0.661. The molecule has 0 saturated carbocycles. The van der Waals surface area contributed by atoms with Crippen LogP contribution in [-0.2, 0) is 6.18 Å². The van der Waals surface area contributed by atoms with Gasteiger partial charge >= 0.3 is 6.18 Å². The highest BCUT2D eigenvalue weighted by Crippen LogP contribution is 2.38. The number of nitrogens with one attached hydrogen (secondary N) is 1. The summed E-state index contributed by atoms with van der Waals surface area (Å²) in [4.78, 5) is 0. The lowest BCUT2D eigenvalue weighted by Gasteiger charge is -2.29. The van der Waals surface area contributed by atoms with Crippen molar-refractivity contribution in [2.45, 2.75) is 58.7 Å². The van der Waals surface area contributed by atoms with E-state index < -0.39 is 11.7 Å². The van der Waals surface area contributed by atoms with Crippen LogP contribution in [0.4, 0.5) is 13.2 Å². The molecule has 0 aromatic heterocycles. The van der Waals surface area contributed by atoms with Gasteiger partial charge < -0.3 is 5.32 Å². The molecule has 2 atom stereocenters. The van der Waals surface area contributed by atoms with Crippen LogP contribution >= 0.6 is 0 Å². The number of alkyl halides is 3. The third-order valence-corrected chi connectivity index (χ3v) is 3.95. The Balaban J connectivity index is 3.15. The first-order chi connectivity index (χ1) is 9.95. The highest BCUT2D eigenvalue weighted by Gasteiger charge is 2.36. The average Bonchev–Trinajstić information content (AvgIpc) is 2.46. The molecule has 0 radical (unpaired) electrons. The molecule has 0 amide bonds. The molecule has 0 aliphatic rings. The molecule has 0 aliphatic heterocycles. The predicted molar refractivity (Wildman–Crippen MR) is 81.2 cm³/mol. The summed E-state index contributed by atoms with van der Waals surface area (Å²) in [5, 5.41) is 3.27. The van der Waals surface area contributed by atoms with Gasteiger partial charge in [-0.3, -0.25) is 0 Å². The van der Waals surface area contributed by atoms with Crippen molar-refractivity contribution in [3.63, 3.8) is 0 Å². The van der Waals surface area contributed by atoms with E-state index in [4.69, 9.17) is 0 Å². The van der Waals surface area contributed by atoms with Gasteiger partial charge in [-0.05, 0) is 30.5 Å². The monoisotopic (exact) mass is 301 g/mol. The molecule has 0 fully saturated rings. The smallest absolute Gasteiger partial charge is 0.310 e. The van der Waals surface area contributed by atoms with E-state index in [1.54, 1.807) is 12.1 Å². The fourth-order valence-electron chi connectivity index (χ4n) is 2.85. The van der Waals surface area contributed by atoms with Crippen molar-refractivity contribution < 1.29 is 13.2 Å². The van der Waals surface area contributed by atoms with Crippen LogP contribution in [-0.4, -0.2) is 6.54 Å². The van der Waals surface area contributed by atoms with Crippen LogP contribution in [0.25, 0.3) is 0 Å². The molecule has 1 rings (SSSR count). The minimum Gasteiger partial charge on any atom is -0.310 e. The summed E-state index contributed by atoms with van der Waals surface area (Å²) < 4.78 is 39.7. The Morgan fingerprint density at radius 2 is 1.76 bits per heavy atom. The van der Waals surface area contributed by atoms with Crippen LogP contribution in [0, 0.1) is 5.92 Å². The lowest BCUT2D eigenvalue weighted by Crippen LogP contribution is -2.30. The second-order valence-corrected chi connectivity index (χ2v) is 5.43. The molecule has 1 nitrogen and oxygen atoms in total. The number of hydrogen-bond acceptors (Lipinski definition) is 1. The summed E-state index contributed by atoms with van der Waals surface area (Å²) >= 11 is 0. The van der Waals surface area contributed by atoms with Crippen LogP contribution in [0.2, 0.25) is 0 Å². The zero-order chi connectivity index (χ0) is 15.9. The van der Waals surface area contributed by atoms with Crippen molar-refractivity contribution >= 4 is 0 Å². The topological polar surface area (TPSA) is 12.0 Å². The zero-order valence-electron chi connectivity index (χ0n) is 13.1. The largest absolute Gasteiger partial charge is 0.416 e. The van der Waals surface area contributed by atoms with Crippen molar-refractivity contribution in [2.24, 2.45) is 5.92 Å². The van der Waals surface area contributed by atoms with E-state index in [9.17, 15) is 13.2 Å². The maximum atomic E-state index is 13.2. The number of benzene rings is 1. The fraction of sp³-hybridized carbons (Fsp3) is 0.647. The maximum absolute atomic E-state index is 13.2. The summed E-state index contributed by atoms with van der Waals surface area (Å²) in [6.45, 7) is 6.77. The molecular formula is C17H26F3N. The minimum atomic E-state index is -4.30. The first kappa shape index (κ1) is 18.0. The molecule has 1 aromatic carbocycles. The molecule has 0 spiro atoms. The van der Waals surface area contributed by atoms with Gasteiger partial charge in [0, 0.05) is 6.04 Å². The van der Waals surface area contributed by atoms with Gasteiger partial charge in [0.05, 0.1) is 5.56 Å². The zero-order valence-corrected chi connectivity index (χ0v) is 13.1. The number of unbranched alkanes of at least 4 members (excludes halogenated alkanes) is 1. The van der Waals surface area contributed by atoms with Crippen LogP contribution < -0.4 is 5.32 Å². The Labute approximate surface area is 125 Å². The molecule has 2 unspecified atom stereocenters. The Morgan fingerprint density at radius 1 is 1.10 bits per heavy atom. The first-order valence-electron chi connectivity index (χ1n) is 7.85. The van der Waals surface area contributed by atoms with E-state index in [0.717, 1.165) is 25.7 Å². The molecule has 0 saturated heterocycles. The third-order valence-electron chi connectivity index (χ3n) is 3.95. The van der Waals surface area contributed by atoms with Gasteiger partial charge in [-0.1, -0.05) is 58.2 Å². The fourth-order valence-corrected chi connectivity index (χ4v) is 2.85. The summed E-state index contributed by atoms with van der Waals surface area (Å²) in [5.41, 5.74) is -0.124. The molecule has 21 heavy (non-hydrogen) atoms. The van der Waals surface area contributed by atoms with Crippen molar-refractivity contribution in [3.8, 4) is 0 Å².